The topological polar surface area (TPSA) is 21.3 Å². The molecule has 0 spiro atoms. The minimum atomic E-state index is 0.449. The summed E-state index contributed by atoms with van der Waals surface area (Å²) in [5, 5.41) is 3.70. The molecule has 0 radical (unpaired) electrons. The molecule has 21 heavy (non-hydrogen) atoms. The summed E-state index contributed by atoms with van der Waals surface area (Å²) >= 11 is 0. The van der Waals surface area contributed by atoms with Crippen molar-refractivity contribution in [2.45, 2.75) is 70.9 Å². The number of hydrogen-bond donors (Lipinski definition) is 1. The van der Waals surface area contributed by atoms with E-state index in [1.54, 1.807) is 0 Å². The Morgan fingerprint density at radius 3 is 2.29 bits per heavy atom. The van der Waals surface area contributed by atoms with E-state index < -0.39 is 0 Å². The molecule has 2 aliphatic rings. The van der Waals surface area contributed by atoms with Crippen LogP contribution in [0.1, 0.15) is 58.8 Å². The lowest BCUT2D eigenvalue weighted by Crippen LogP contribution is -2.30. The van der Waals surface area contributed by atoms with Crippen molar-refractivity contribution in [3.05, 3.63) is 24.3 Å². The molecule has 116 valence electrons. The Hall–Kier alpha value is -1.18. The maximum Gasteiger partial charge on any atom is 0.119 e. The highest BCUT2D eigenvalue weighted by atomic mass is 16.5. The summed E-state index contributed by atoms with van der Waals surface area (Å²) < 4.78 is 6.02. The van der Waals surface area contributed by atoms with Gasteiger partial charge in [0.05, 0.1) is 6.10 Å². The van der Waals surface area contributed by atoms with Crippen LogP contribution in [0.4, 0.5) is 5.69 Å². The summed E-state index contributed by atoms with van der Waals surface area (Å²) in [4.78, 5) is 0. The molecule has 1 aromatic rings. The van der Waals surface area contributed by atoms with Gasteiger partial charge in [0.15, 0.2) is 0 Å². The van der Waals surface area contributed by atoms with Crippen molar-refractivity contribution in [1.82, 2.24) is 0 Å². The zero-order valence-electron chi connectivity index (χ0n) is 13.5. The second-order valence-corrected chi connectivity index (χ2v) is 7.16. The summed E-state index contributed by atoms with van der Waals surface area (Å²) in [5.74, 6) is 2.74. The van der Waals surface area contributed by atoms with E-state index in [1.165, 1.54) is 50.6 Å². The Morgan fingerprint density at radius 1 is 0.905 bits per heavy atom. The third kappa shape index (κ3) is 3.93. The molecule has 2 nitrogen and oxygen atoms in total. The van der Waals surface area contributed by atoms with Gasteiger partial charge in [-0.2, -0.15) is 0 Å². The van der Waals surface area contributed by atoms with Gasteiger partial charge >= 0.3 is 0 Å². The third-order valence-corrected chi connectivity index (χ3v) is 5.43. The molecule has 0 saturated heterocycles. The highest BCUT2D eigenvalue weighted by molar-refractivity contribution is 5.47. The summed E-state index contributed by atoms with van der Waals surface area (Å²) in [5.41, 5.74) is 1.24. The fourth-order valence-corrected chi connectivity index (χ4v) is 3.74. The first kappa shape index (κ1) is 14.7. The Labute approximate surface area is 129 Å². The van der Waals surface area contributed by atoms with E-state index in [4.69, 9.17) is 4.74 Å². The van der Waals surface area contributed by atoms with E-state index in [-0.39, 0.29) is 0 Å². The van der Waals surface area contributed by atoms with Crippen LogP contribution in [-0.4, -0.2) is 12.1 Å². The second-order valence-electron chi connectivity index (χ2n) is 7.16. The van der Waals surface area contributed by atoms with Gasteiger partial charge in [0.25, 0.3) is 0 Å². The summed E-state index contributed by atoms with van der Waals surface area (Å²) in [6, 6.07) is 9.23. The van der Waals surface area contributed by atoms with E-state index in [2.05, 4.69) is 43.4 Å². The molecule has 2 saturated carbocycles. The highest BCUT2D eigenvalue weighted by Gasteiger charge is 2.24. The largest absolute Gasteiger partial charge is 0.490 e. The van der Waals surface area contributed by atoms with Crippen LogP contribution in [0.5, 0.6) is 5.75 Å². The highest BCUT2D eigenvalue weighted by Crippen LogP contribution is 2.31. The van der Waals surface area contributed by atoms with Crippen molar-refractivity contribution in [3.63, 3.8) is 0 Å². The Kier molecular flexibility index (Phi) is 4.72. The fraction of sp³-hybridized carbons (Fsp3) is 0.684. The van der Waals surface area contributed by atoms with Crippen LogP contribution in [0.15, 0.2) is 24.3 Å². The predicted molar refractivity (Wildman–Crippen MR) is 88.9 cm³/mol. The Bertz CT molecular complexity index is 435. The molecule has 3 rings (SSSR count). The van der Waals surface area contributed by atoms with Crippen LogP contribution < -0.4 is 10.1 Å². The molecule has 0 heterocycles. The number of hydrogen-bond acceptors (Lipinski definition) is 2. The summed E-state index contributed by atoms with van der Waals surface area (Å²) in [6.45, 7) is 4.77. The van der Waals surface area contributed by atoms with Crippen LogP contribution in [0.2, 0.25) is 0 Å². The van der Waals surface area contributed by atoms with Crippen LogP contribution in [0.3, 0.4) is 0 Å². The maximum absolute atomic E-state index is 6.02. The summed E-state index contributed by atoms with van der Waals surface area (Å²) in [6.07, 6.45) is 9.47. The molecule has 0 aromatic heterocycles. The minimum absolute atomic E-state index is 0.449. The van der Waals surface area contributed by atoms with Crippen LogP contribution in [0, 0.1) is 11.8 Å². The van der Waals surface area contributed by atoms with E-state index in [0.29, 0.717) is 12.1 Å². The van der Waals surface area contributed by atoms with Crippen molar-refractivity contribution in [2.24, 2.45) is 11.8 Å². The van der Waals surface area contributed by atoms with E-state index in [9.17, 15) is 0 Å². The number of anilines is 1. The van der Waals surface area contributed by atoms with Crippen molar-refractivity contribution in [3.8, 4) is 5.75 Å². The maximum atomic E-state index is 6.02. The smallest absolute Gasteiger partial charge is 0.119 e. The third-order valence-electron chi connectivity index (χ3n) is 5.43. The SMILES string of the molecule is CC1CCC(Nc2ccc(OC3CCCC3)cc2)CC1C. The summed E-state index contributed by atoms with van der Waals surface area (Å²) in [7, 11) is 0. The lowest BCUT2D eigenvalue weighted by Gasteiger charge is -2.33. The standard InChI is InChI=1S/C19H29NO/c1-14-7-8-17(13-15(14)2)20-16-9-11-19(12-10-16)21-18-5-3-4-6-18/h9-12,14-15,17-18,20H,3-8,13H2,1-2H3. The quantitative estimate of drug-likeness (QED) is 0.817. The van der Waals surface area contributed by atoms with Gasteiger partial charge in [-0.05, 0) is 81.0 Å². The van der Waals surface area contributed by atoms with Gasteiger partial charge in [0.1, 0.15) is 5.75 Å². The van der Waals surface area contributed by atoms with Crippen LogP contribution in [-0.2, 0) is 0 Å². The zero-order valence-corrected chi connectivity index (χ0v) is 13.5. The van der Waals surface area contributed by atoms with Gasteiger partial charge in [-0.1, -0.05) is 13.8 Å². The molecule has 1 aromatic carbocycles. The molecular formula is C19H29NO. The van der Waals surface area contributed by atoms with Crippen molar-refractivity contribution in [2.75, 3.05) is 5.32 Å². The molecule has 1 N–H and O–H groups in total. The first-order chi connectivity index (χ1) is 10.2. The van der Waals surface area contributed by atoms with Gasteiger partial charge in [-0.25, -0.2) is 0 Å². The molecule has 0 bridgehead atoms. The molecule has 2 aliphatic carbocycles. The molecular weight excluding hydrogens is 258 g/mol. The van der Waals surface area contributed by atoms with Crippen molar-refractivity contribution in [1.29, 1.82) is 0 Å². The molecule has 2 heteroatoms. The zero-order chi connectivity index (χ0) is 14.7. The fourth-order valence-electron chi connectivity index (χ4n) is 3.74. The average Bonchev–Trinajstić information content (AvgIpc) is 2.98. The lowest BCUT2D eigenvalue weighted by atomic mass is 9.79. The van der Waals surface area contributed by atoms with E-state index in [1.807, 2.05) is 0 Å². The Morgan fingerprint density at radius 2 is 1.62 bits per heavy atom. The molecule has 3 unspecified atom stereocenters. The number of rotatable bonds is 4. The van der Waals surface area contributed by atoms with Crippen LogP contribution >= 0.6 is 0 Å². The Balaban J connectivity index is 1.52. The van der Waals surface area contributed by atoms with Gasteiger partial charge < -0.3 is 10.1 Å². The second kappa shape index (κ2) is 6.72. The number of ether oxygens (including phenoxy) is 1. The van der Waals surface area contributed by atoms with Crippen molar-refractivity contribution >= 4 is 5.69 Å². The monoisotopic (exact) mass is 287 g/mol. The normalized spacial score (nSPS) is 30.3. The first-order valence-electron chi connectivity index (χ1n) is 8.74. The minimum Gasteiger partial charge on any atom is -0.490 e. The van der Waals surface area contributed by atoms with Gasteiger partial charge in [0.2, 0.25) is 0 Å². The van der Waals surface area contributed by atoms with Crippen LogP contribution in [0.25, 0.3) is 0 Å². The number of nitrogens with one attached hydrogen (secondary N) is 1. The molecule has 3 atom stereocenters. The predicted octanol–water partition coefficient (Wildman–Crippen LogP) is 5.24. The molecule has 0 aliphatic heterocycles. The number of benzene rings is 1. The van der Waals surface area contributed by atoms with E-state index in [0.717, 1.165) is 17.6 Å². The molecule has 2 fully saturated rings. The molecule has 0 amide bonds. The van der Waals surface area contributed by atoms with E-state index >= 15 is 0 Å². The van der Waals surface area contributed by atoms with Crippen molar-refractivity contribution < 1.29 is 4.74 Å². The first-order valence-corrected chi connectivity index (χ1v) is 8.74. The van der Waals surface area contributed by atoms with Gasteiger partial charge in [0, 0.05) is 11.7 Å². The van der Waals surface area contributed by atoms with Gasteiger partial charge in [-0.15, -0.1) is 0 Å². The average molecular weight is 287 g/mol. The van der Waals surface area contributed by atoms with Gasteiger partial charge in [-0.3, -0.25) is 0 Å². The lowest BCUT2D eigenvalue weighted by molar-refractivity contribution is 0.210.